The second kappa shape index (κ2) is 5.82. The van der Waals surface area contributed by atoms with Crippen LogP contribution in [0.2, 0.25) is 0 Å². The van der Waals surface area contributed by atoms with Crippen molar-refractivity contribution in [1.29, 1.82) is 0 Å². The van der Waals surface area contributed by atoms with Crippen LogP contribution in [0.15, 0.2) is 48.2 Å². The normalized spacial score (nSPS) is 17.6. The number of ketones is 1. The van der Waals surface area contributed by atoms with E-state index in [1.165, 1.54) is 12.2 Å². The molecule has 0 atom stereocenters. The van der Waals surface area contributed by atoms with Gasteiger partial charge >= 0.3 is 0 Å². The third-order valence-corrected chi connectivity index (χ3v) is 2.50. The van der Waals surface area contributed by atoms with Crippen molar-refractivity contribution in [3.8, 4) is 0 Å². The van der Waals surface area contributed by atoms with Crippen molar-refractivity contribution < 1.29 is 9.59 Å². The Balaban J connectivity index is 2.02. The predicted octanol–water partition coefficient (Wildman–Crippen LogP) is 0.872. The molecule has 2 N–H and O–H groups in total. The maximum atomic E-state index is 11.6. The van der Waals surface area contributed by atoms with Gasteiger partial charge in [-0.2, -0.15) is 0 Å². The van der Waals surface area contributed by atoms with Gasteiger partial charge < -0.3 is 10.6 Å². The van der Waals surface area contributed by atoms with E-state index in [2.05, 4.69) is 10.6 Å². The Labute approximate surface area is 105 Å². The van der Waals surface area contributed by atoms with Crippen LogP contribution in [0.5, 0.6) is 0 Å². The molecule has 0 spiro atoms. The molecule has 1 aromatic rings. The summed E-state index contributed by atoms with van der Waals surface area (Å²) in [5.41, 5.74) is 1.27. The molecule has 1 aromatic carbocycles. The van der Waals surface area contributed by atoms with Gasteiger partial charge in [0, 0.05) is 19.2 Å². The van der Waals surface area contributed by atoms with Gasteiger partial charge in [-0.15, -0.1) is 0 Å². The number of allylic oxidation sites excluding steroid dienone is 2. The van der Waals surface area contributed by atoms with Crippen LogP contribution >= 0.6 is 0 Å². The molecule has 0 radical (unpaired) electrons. The van der Waals surface area contributed by atoms with Crippen LogP contribution in [0.25, 0.3) is 6.08 Å². The lowest BCUT2D eigenvalue weighted by molar-refractivity contribution is -0.119. The van der Waals surface area contributed by atoms with E-state index in [4.69, 9.17) is 0 Å². The number of piperazine rings is 1. The molecular formula is C14H14N2O2. The zero-order chi connectivity index (χ0) is 12.8. The van der Waals surface area contributed by atoms with Crippen molar-refractivity contribution in [1.82, 2.24) is 10.6 Å². The monoisotopic (exact) mass is 242 g/mol. The van der Waals surface area contributed by atoms with Gasteiger partial charge in [-0.05, 0) is 11.6 Å². The Bertz CT molecular complexity index is 504. The second-order valence-electron chi connectivity index (χ2n) is 3.89. The van der Waals surface area contributed by atoms with Crippen molar-refractivity contribution in [2.75, 3.05) is 13.1 Å². The van der Waals surface area contributed by atoms with Crippen LogP contribution < -0.4 is 10.6 Å². The molecule has 0 unspecified atom stereocenters. The summed E-state index contributed by atoms with van der Waals surface area (Å²) in [5, 5.41) is 5.56. The van der Waals surface area contributed by atoms with Crippen LogP contribution in [0.1, 0.15) is 5.56 Å². The topological polar surface area (TPSA) is 58.2 Å². The van der Waals surface area contributed by atoms with Gasteiger partial charge in [0.15, 0.2) is 5.78 Å². The van der Waals surface area contributed by atoms with E-state index in [0.29, 0.717) is 18.8 Å². The molecule has 18 heavy (non-hydrogen) atoms. The summed E-state index contributed by atoms with van der Waals surface area (Å²) < 4.78 is 0. The van der Waals surface area contributed by atoms with Crippen LogP contribution in [-0.4, -0.2) is 24.8 Å². The van der Waals surface area contributed by atoms with Gasteiger partial charge in [0.25, 0.3) is 5.91 Å². The molecule has 1 aliphatic rings. The highest BCUT2D eigenvalue weighted by Crippen LogP contribution is 2.02. The van der Waals surface area contributed by atoms with Gasteiger partial charge in [0.05, 0.1) is 0 Å². The first-order valence-corrected chi connectivity index (χ1v) is 5.76. The van der Waals surface area contributed by atoms with E-state index in [1.54, 1.807) is 6.08 Å². The number of rotatable bonds is 3. The number of carbonyl (C=O) groups excluding carboxylic acids is 2. The van der Waals surface area contributed by atoms with Crippen molar-refractivity contribution in [3.63, 3.8) is 0 Å². The first kappa shape index (κ1) is 12.1. The SMILES string of the molecule is O=C(/C=C1\NCCNC1=O)/C=C/c1ccccc1. The Hall–Kier alpha value is -2.36. The van der Waals surface area contributed by atoms with Crippen LogP contribution in [0.4, 0.5) is 0 Å². The van der Waals surface area contributed by atoms with E-state index >= 15 is 0 Å². The largest absolute Gasteiger partial charge is 0.379 e. The summed E-state index contributed by atoms with van der Waals surface area (Å²) in [4.78, 5) is 23.0. The van der Waals surface area contributed by atoms with E-state index in [-0.39, 0.29) is 11.7 Å². The van der Waals surface area contributed by atoms with Crippen LogP contribution in [0, 0.1) is 0 Å². The maximum Gasteiger partial charge on any atom is 0.267 e. The highest BCUT2D eigenvalue weighted by atomic mass is 16.2. The van der Waals surface area contributed by atoms with Gasteiger partial charge in [-0.25, -0.2) is 0 Å². The molecular weight excluding hydrogens is 228 g/mol. The smallest absolute Gasteiger partial charge is 0.267 e. The number of nitrogens with one attached hydrogen (secondary N) is 2. The van der Waals surface area contributed by atoms with Crippen molar-refractivity contribution >= 4 is 17.8 Å². The van der Waals surface area contributed by atoms with E-state index < -0.39 is 0 Å². The fourth-order valence-electron chi connectivity index (χ4n) is 1.60. The minimum atomic E-state index is -0.234. The zero-order valence-electron chi connectivity index (χ0n) is 9.85. The Morgan fingerprint density at radius 3 is 2.56 bits per heavy atom. The van der Waals surface area contributed by atoms with E-state index in [9.17, 15) is 9.59 Å². The summed E-state index contributed by atoms with van der Waals surface area (Å²) in [6.45, 7) is 1.23. The fraction of sp³-hybridized carbons (Fsp3) is 0.143. The second-order valence-corrected chi connectivity index (χ2v) is 3.89. The zero-order valence-corrected chi connectivity index (χ0v) is 9.85. The molecule has 4 nitrogen and oxygen atoms in total. The third kappa shape index (κ3) is 3.31. The molecule has 1 heterocycles. The molecule has 0 bridgehead atoms. The molecule has 1 amide bonds. The Kier molecular flexibility index (Phi) is 3.91. The lowest BCUT2D eigenvalue weighted by Crippen LogP contribution is -2.43. The molecule has 0 aliphatic carbocycles. The van der Waals surface area contributed by atoms with Crippen LogP contribution in [-0.2, 0) is 9.59 Å². The molecule has 2 rings (SSSR count). The lowest BCUT2D eigenvalue weighted by atomic mass is 10.2. The van der Waals surface area contributed by atoms with Crippen molar-refractivity contribution in [3.05, 3.63) is 53.7 Å². The minimum absolute atomic E-state index is 0.210. The number of carbonyl (C=O) groups is 2. The first-order chi connectivity index (χ1) is 8.75. The summed E-state index contributed by atoms with van der Waals surface area (Å²) in [7, 11) is 0. The van der Waals surface area contributed by atoms with Crippen molar-refractivity contribution in [2.45, 2.75) is 0 Å². The Morgan fingerprint density at radius 1 is 1.11 bits per heavy atom. The van der Waals surface area contributed by atoms with Crippen molar-refractivity contribution in [2.24, 2.45) is 0 Å². The summed E-state index contributed by atoms with van der Waals surface area (Å²) in [5.74, 6) is -0.443. The quantitative estimate of drug-likeness (QED) is 0.773. The molecule has 1 saturated heterocycles. The molecule has 92 valence electrons. The molecule has 1 fully saturated rings. The predicted molar refractivity (Wildman–Crippen MR) is 69.6 cm³/mol. The average Bonchev–Trinajstić information content (AvgIpc) is 2.40. The molecule has 0 aromatic heterocycles. The number of hydrogen-bond acceptors (Lipinski definition) is 3. The highest BCUT2D eigenvalue weighted by Gasteiger charge is 2.13. The van der Waals surface area contributed by atoms with Gasteiger partial charge in [-0.3, -0.25) is 9.59 Å². The number of amides is 1. The maximum absolute atomic E-state index is 11.6. The van der Waals surface area contributed by atoms with Gasteiger partial charge in [-0.1, -0.05) is 36.4 Å². The standard InChI is InChI=1S/C14H14N2O2/c17-12(7-6-11-4-2-1-3-5-11)10-13-14(18)16-9-8-15-13/h1-7,10,15H,8-9H2,(H,16,18)/b7-6+,13-10-. The van der Waals surface area contributed by atoms with E-state index in [1.807, 2.05) is 30.3 Å². The fourth-order valence-corrected chi connectivity index (χ4v) is 1.60. The Morgan fingerprint density at radius 2 is 1.83 bits per heavy atom. The van der Waals surface area contributed by atoms with Gasteiger partial charge in [0.1, 0.15) is 5.70 Å². The number of benzene rings is 1. The summed E-state index contributed by atoms with van der Waals surface area (Å²) >= 11 is 0. The lowest BCUT2D eigenvalue weighted by Gasteiger charge is -2.16. The highest BCUT2D eigenvalue weighted by molar-refractivity contribution is 6.07. The molecule has 0 saturated carbocycles. The molecule has 4 heteroatoms. The van der Waals surface area contributed by atoms with Gasteiger partial charge in [0.2, 0.25) is 0 Å². The summed E-state index contributed by atoms with van der Waals surface area (Å²) in [6, 6.07) is 9.53. The number of hydrogen-bond donors (Lipinski definition) is 2. The molecule has 1 aliphatic heterocycles. The minimum Gasteiger partial charge on any atom is -0.379 e. The third-order valence-electron chi connectivity index (χ3n) is 2.50. The average molecular weight is 242 g/mol. The summed E-state index contributed by atoms with van der Waals surface area (Å²) in [6.07, 6.45) is 4.49. The first-order valence-electron chi connectivity index (χ1n) is 5.76. The van der Waals surface area contributed by atoms with Crippen LogP contribution in [0.3, 0.4) is 0 Å². The van der Waals surface area contributed by atoms with E-state index in [0.717, 1.165) is 5.56 Å².